The lowest BCUT2D eigenvalue weighted by Gasteiger charge is -2.13. The lowest BCUT2D eigenvalue weighted by atomic mass is 10.1. The van der Waals surface area contributed by atoms with E-state index in [0.717, 1.165) is 10.0 Å². The number of aryl methyl sites for hydroxylation is 1. The monoisotopic (exact) mass is 368 g/mol. The molecule has 0 aliphatic rings. The zero-order valence-corrected chi connectivity index (χ0v) is 14.3. The second-order valence-electron chi connectivity index (χ2n) is 4.55. The number of esters is 1. The van der Waals surface area contributed by atoms with Crippen molar-refractivity contribution >= 4 is 21.9 Å². The normalized spacial score (nSPS) is 10.5. The molecular formula is C14H17BrN4O3. The summed E-state index contributed by atoms with van der Waals surface area (Å²) in [4.78, 5) is 13.4. The van der Waals surface area contributed by atoms with Crippen LogP contribution in [0.2, 0.25) is 0 Å². The van der Waals surface area contributed by atoms with Gasteiger partial charge in [0.1, 0.15) is 12.4 Å². The highest BCUT2D eigenvalue weighted by molar-refractivity contribution is 9.10. The van der Waals surface area contributed by atoms with Crippen molar-refractivity contribution in [3.63, 3.8) is 0 Å². The minimum atomic E-state index is -0.356. The molecule has 1 heterocycles. The average molecular weight is 369 g/mol. The molecule has 22 heavy (non-hydrogen) atoms. The predicted molar refractivity (Wildman–Crippen MR) is 82.9 cm³/mol. The molecule has 0 spiro atoms. The maximum absolute atomic E-state index is 11.9. The van der Waals surface area contributed by atoms with Gasteiger partial charge in [-0.3, -0.25) is 0 Å². The summed E-state index contributed by atoms with van der Waals surface area (Å²) in [6, 6.07) is 3.49. The first kappa shape index (κ1) is 16.4. The van der Waals surface area contributed by atoms with Gasteiger partial charge in [-0.2, -0.15) is 4.80 Å². The van der Waals surface area contributed by atoms with Crippen molar-refractivity contribution in [3.05, 3.63) is 33.6 Å². The van der Waals surface area contributed by atoms with Gasteiger partial charge in [0.15, 0.2) is 5.82 Å². The zero-order chi connectivity index (χ0) is 16.1. The van der Waals surface area contributed by atoms with Crippen molar-refractivity contribution in [3.8, 4) is 5.75 Å². The van der Waals surface area contributed by atoms with Gasteiger partial charge < -0.3 is 9.47 Å². The second-order valence-corrected chi connectivity index (χ2v) is 5.40. The van der Waals surface area contributed by atoms with Crippen LogP contribution < -0.4 is 4.74 Å². The van der Waals surface area contributed by atoms with E-state index < -0.39 is 0 Å². The summed E-state index contributed by atoms with van der Waals surface area (Å²) in [5.41, 5.74) is 1.23. The number of tetrazole rings is 1. The number of benzene rings is 1. The molecular weight excluding hydrogens is 352 g/mol. The van der Waals surface area contributed by atoms with Crippen molar-refractivity contribution in [2.75, 3.05) is 13.2 Å². The van der Waals surface area contributed by atoms with Crippen LogP contribution in [0.3, 0.4) is 0 Å². The molecule has 2 rings (SSSR count). The minimum absolute atomic E-state index is 0.335. The molecule has 2 aromatic rings. The highest BCUT2D eigenvalue weighted by Gasteiger charge is 2.16. The molecule has 1 aromatic carbocycles. The van der Waals surface area contributed by atoms with Crippen LogP contribution in [0.1, 0.15) is 28.7 Å². The quantitative estimate of drug-likeness (QED) is 0.727. The van der Waals surface area contributed by atoms with Crippen molar-refractivity contribution in [2.24, 2.45) is 0 Å². The van der Waals surface area contributed by atoms with Gasteiger partial charge >= 0.3 is 5.97 Å². The Morgan fingerprint density at radius 3 is 2.77 bits per heavy atom. The van der Waals surface area contributed by atoms with E-state index in [1.165, 1.54) is 4.80 Å². The number of hydrogen-bond donors (Lipinski definition) is 0. The first-order valence-electron chi connectivity index (χ1n) is 6.86. The van der Waals surface area contributed by atoms with Crippen LogP contribution in [0.5, 0.6) is 5.75 Å². The van der Waals surface area contributed by atoms with Gasteiger partial charge in [0.25, 0.3) is 0 Å². The third-order valence-electron chi connectivity index (χ3n) is 2.94. The average Bonchev–Trinajstić information content (AvgIpc) is 2.88. The van der Waals surface area contributed by atoms with Crippen LogP contribution >= 0.6 is 15.9 Å². The Morgan fingerprint density at radius 2 is 2.14 bits per heavy atom. The summed E-state index contributed by atoms with van der Waals surface area (Å²) in [7, 11) is 0. The maximum Gasteiger partial charge on any atom is 0.338 e. The molecule has 7 nitrogen and oxygen atoms in total. The Kier molecular flexibility index (Phi) is 5.48. The van der Waals surface area contributed by atoms with Gasteiger partial charge in [-0.25, -0.2) is 4.79 Å². The van der Waals surface area contributed by atoms with Crippen molar-refractivity contribution in [1.29, 1.82) is 0 Å². The molecule has 0 atom stereocenters. The molecule has 0 amide bonds. The van der Waals surface area contributed by atoms with Crippen LogP contribution in [0.4, 0.5) is 0 Å². The fourth-order valence-electron chi connectivity index (χ4n) is 1.91. The predicted octanol–water partition coefficient (Wildman–Crippen LogP) is 2.31. The molecule has 1 aromatic heterocycles. The number of ether oxygens (including phenoxy) is 2. The molecule has 0 aliphatic heterocycles. The molecule has 8 heteroatoms. The Labute approximate surface area is 136 Å². The fourth-order valence-corrected chi connectivity index (χ4v) is 2.46. The second kappa shape index (κ2) is 7.35. The maximum atomic E-state index is 11.9. The largest absolute Gasteiger partial charge is 0.490 e. The summed E-state index contributed by atoms with van der Waals surface area (Å²) in [5.74, 6) is 0.870. The third-order valence-corrected chi connectivity index (χ3v) is 3.57. The van der Waals surface area contributed by atoms with E-state index in [1.54, 1.807) is 26.0 Å². The molecule has 0 bridgehead atoms. The molecule has 0 fully saturated rings. The van der Waals surface area contributed by atoms with Gasteiger partial charge in [0.05, 0.1) is 23.2 Å². The lowest BCUT2D eigenvalue weighted by Crippen LogP contribution is -2.13. The first-order valence-corrected chi connectivity index (χ1v) is 7.65. The van der Waals surface area contributed by atoms with E-state index in [4.69, 9.17) is 9.47 Å². The zero-order valence-electron chi connectivity index (χ0n) is 12.7. The van der Waals surface area contributed by atoms with Gasteiger partial charge in [-0.15, -0.1) is 10.2 Å². The molecule has 0 radical (unpaired) electrons. The SMILES string of the molecule is CCOC(=O)c1ccc(Br)c(OCCn2nnc(C)n2)c1C. The van der Waals surface area contributed by atoms with Crippen LogP contribution in [0.15, 0.2) is 16.6 Å². The highest BCUT2D eigenvalue weighted by atomic mass is 79.9. The molecule has 0 unspecified atom stereocenters. The van der Waals surface area contributed by atoms with E-state index in [-0.39, 0.29) is 5.97 Å². The van der Waals surface area contributed by atoms with Crippen LogP contribution in [0, 0.1) is 13.8 Å². The summed E-state index contributed by atoms with van der Waals surface area (Å²) < 4.78 is 11.6. The van der Waals surface area contributed by atoms with E-state index in [2.05, 4.69) is 31.3 Å². The number of hydrogen-bond acceptors (Lipinski definition) is 6. The summed E-state index contributed by atoms with van der Waals surface area (Å²) >= 11 is 3.43. The standard InChI is InChI=1S/C14H17BrN4O3/c1-4-21-14(20)11-5-6-12(15)13(9(11)2)22-8-7-19-17-10(3)16-18-19/h5-6H,4,7-8H2,1-3H3. The number of halogens is 1. The van der Waals surface area contributed by atoms with Crippen LogP contribution in [-0.2, 0) is 11.3 Å². The van der Waals surface area contributed by atoms with Gasteiger partial charge in [0, 0.05) is 5.56 Å². The number of rotatable bonds is 6. The molecule has 0 saturated carbocycles. The topological polar surface area (TPSA) is 79.1 Å². The van der Waals surface area contributed by atoms with E-state index in [0.29, 0.717) is 36.9 Å². The fraction of sp³-hybridized carbons (Fsp3) is 0.429. The Bertz CT molecular complexity index is 672. The summed E-state index contributed by atoms with van der Waals surface area (Å²) in [6.45, 7) is 6.54. The van der Waals surface area contributed by atoms with Gasteiger partial charge in [-0.1, -0.05) is 0 Å². The van der Waals surface area contributed by atoms with Gasteiger partial charge in [0.2, 0.25) is 0 Å². The van der Waals surface area contributed by atoms with E-state index in [9.17, 15) is 4.79 Å². The molecule has 0 saturated heterocycles. The number of nitrogens with zero attached hydrogens (tertiary/aromatic N) is 4. The van der Waals surface area contributed by atoms with Gasteiger partial charge in [-0.05, 0) is 54.0 Å². The van der Waals surface area contributed by atoms with Crippen LogP contribution in [-0.4, -0.2) is 39.4 Å². The number of carbonyl (C=O) groups excluding carboxylic acids is 1. The molecule has 0 aliphatic carbocycles. The van der Waals surface area contributed by atoms with Crippen molar-refractivity contribution in [2.45, 2.75) is 27.3 Å². The highest BCUT2D eigenvalue weighted by Crippen LogP contribution is 2.31. The first-order chi connectivity index (χ1) is 10.5. The third kappa shape index (κ3) is 3.82. The molecule has 0 N–H and O–H groups in total. The van der Waals surface area contributed by atoms with E-state index in [1.807, 2.05) is 6.92 Å². The number of aromatic nitrogens is 4. The van der Waals surface area contributed by atoms with Crippen molar-refractivity contribution in [1.82, 2.24) is 20.2 Å². The summed E-state index contributed by atoms with van der Waals surface area (Å²) in [6.07, 6.45) is 0. The lowest BCUT2D eigenvalue weighted by molar-refractivity contribution is 0.0525. The molecule has 118 valence electrons. The Morgan fingerprint density at radius 1 is 1.36 bits per heavy atom. The minimum Gasteiger partial charge on any atom is -0.490 e. The summed E-state index contributed by atoms with van der Waals surface area (Å²) in [5, 5.41) is 11.7. The Hall–Kier alpha value is -1.96. The van der Waals surface area contributed by atoms with E-state index >= 15 is 0 Å². The number of carbonyl (C=O) groups is 1. The smallest absolute Gasteiger partial charge is 0.338 e. The Balaban J connectivity index is 2.09. The van der Waals surface area contributed by atoms with Crippen LogP contribution in [0.25, 0.3) is 0 Å². The van der Waals surface area contributed by atoms with Crippen molar-refractivity contribution < 1.29 is 14.3 Å².